The molecule has 136 valence electrons. The molecule has 1 fully saturated rings. The first-order valence-corrected chi connectivity index (χ1v) is 9.15. The van der Waals surface area contributed by atoms with Crippen molar-refractivity contribution in [2.24, 2.45) is 0 Å². The number of anilines is 1. The molecule has 2 aromatic rings. The molecule has 0 aliphatic carbocycles. The van der Waals surface area contributed by atoms with Crippen LogP contribution in [0.1, 0.15) is 53.6 Å². The number of amides is 2. The Hall–Kier alpha value is -2.63. The van der Waals surface area contributed by atoms with E-state index in [4.69, 9.17) is 4.52 Å². The molecule has 1 aromatic carbocycles. The fourth-order valence-corrected chi connectivity index (χ4v) is 4.65. The summed E-state index contributed by atoms with van der Waals surface area (Å²) in [6, 6.07) is 7.67. The first-order chi connectivity index (χ1) is 12.5. The molecule has 3 heterocycles. The minimum Gasteiger partial charge on any atom is -0.361 e. The first kappa shape index (κ1) is 16.8. The molecule has 0 saturated carbocycles. The van der Waals surface area contributed by atoms with Crippen molar-refractivity contribution in [3.8, 4) is 0 Å². The summed E-state index contributed by atoms with van der Waals surface area (Å²) in [5.41, 5.74) is 2.33. The molecule has 2 aliphatic rings. The minimum absolute atomic E-state index is 0.00575. The summed E-state index contributed by atoms with van der Waals surface area (Å²) in [7, 11) is 0. The first-order valence-electron chi connectivity index (χ1n) is 9.15. The van der Waals surface area contributed by atoms with Gasteiger partial charge in [0.15, 0.2) is 0 Å². The van der Waals surface area contributed by atoms with E-state index in [-0.39, 0.29) is 17.9 Å². The zero-order valence-electron chi connectivity index (χ0n) is 15.3. The van der Waals surface area contributed by atoms with Gasteiger partial charge in [-0.25, -0.2) is 0 Å². The van der Waals surface area contributed by atoms with Crippen LogP contribution in [0, 0.1) is 13.8 Å². The zero-order valence-corrected chi connectivity index (χ0v) is 15.3. The summed E-state index contributed by atoms with van der Waals surface area (Å²) in [4.78, 5) is 28.2. The topological polar surface area (TPSA) is 75.4 Å². The van der Waals surface area contributed by atoms with Gasteiger partial charge >= 0.3 is 0 Å². The Kier molecular flexibility index (Phi) is 3.86. The van der Waals surface area contributed by atoms with Crippen molar-refractivity contribution in [1.29, 1.82) is 0 Å². The zero-order chi connectivity index (χ0) is 18.5. The number of hydrogen-bond donors (Lipinski definition) is 1. The molecular weight excluding hydrogens is 330 g/mol. The fraction of sp³-hybridized carbons (Fsp3) is 0.450. The molecule has 2 amide bonds. The van der Waals surface area contributed by atoms with Crippen molar-refractivity contribution in [3.63, 3.8) is 0 Å². The van der Waals surface area contributed by atoms with Gasteiger partial charge in [-0.2, -0.15) is 0 Å². The van der Waals surface area contributed by atoms with Crippen molar-refractivity contribution >= 4 is 17.5 Å². The molecule has 2 atom stereocenters. The predicted molar refractivity (Wildman–Crippen MR) is 97.1 cm³/mol. The largest absolute Gasteiger partial charge is 0.361 e. The molecule has 2 aliphatic heterocycles. The number of nitrogens with one attached hydrogen (secondary N) is 1. The van der Waals surface area contributed by atoms with Gasteiger partial charge in [0.2, 0.25) is 5.91 Å². The quantitative estimate of drug-likeness (QED) is 0.919. The lowest BCUT2D eigenvalue weighted by molar-refractivity contribution is -0.121. The third-order valence-corrected chi connectivity index (χ3v) is 5.82. The number of fused-ring (bicyclic) bond motifs is 2. The monoisotopic (exact) mass is 353 g/mol. The lowest BCUT2D eigenvalue weighted by atomic mass is 9.73. The maximum Gasteiger partial charge on any atom is 0.259 e. The molecule has 0 bridgehead atoms. The number of likely N-dealkylation sites (tertiary alicyclic amines) is 1. The number of aromatic nitrogens is 1. The van der Waals surface area contributed by atoms with Gasteiger partial charge in [-0.1, -0.05) is 36.7 Å². The van der Waals surface area contributed by atoms with Gasteiger partial charge in [0, 0.05) is 12.2 Å². The molecule has 1 aromatic heterocycles. The van der Waals surface area contributed by atoms with E-state index in [1.807, 2.05) is 29.2 Å². The van der Waals surface area contributed by atoms with Crippen LogP contribution in [-0.4, -0.2) is 34.5 Å². The van der Waals surface area contributed by atoms with E-state index in [0.717, 1.165) is 24.1 Å². The fourth-order valence-electron chi connectivity index (χ4n) is 4.65. The van der Waals surface area contributed by atoms with E-state index >= 15 is 0 Å². The van der Waals surface area contributed by atoms with E-state index in [1.165, 1.54) is 0 Å². The Morgan fingerprint density at radius 1 is 1.38 bits per heavy atom. The molecule has 4 rings (SSSR count). The number of benzene rings is 1. The van der Waals surface area contributed by atoms with Crippen LogP contribution in [0.4, 0.5) is 5.69 Å². The summed E-state index contributed by atoms with van der Waals surface area (Å²) in [5.74, 6) is 0.444. The molecule has 0 radical (unpaired) electrons. The smallest absolute Gasteiger partial charge is 0.259 e. The van der Waals surface area contributed by atoms with Crippen molar-refractivity contribution < 1.29 is 14.1 Å². The summed E-state index contributed by atoms with van der Waals surface area (Å²) in [6.45, 7) is 6.17. The number of aryl methyl sites for hydroxylation is 2. The van der Waals surface area contributed by atoms with Gasteiger partial charge in [0.05, 0.1) is 17.2 Å². The Bertz CT molecular complexity index is 869. The lowest BCUT2D eigenvalue weighted by Gasteiger charge is -2.34. The van der Waals surface area contributed by atoms with Crippen LogP contribution in [0.5, 0.6) is 0 Å². The highest BCUT2D eigenvalue weighted by Gasteiger charge is 2.58. The van der Waals surface area contributed by atoms with E-state index < -0.39 is 5.41 Å². The van der Waals surface area contributed by atoms with Gasteiger partial charge in [0.25, 0.3) is 5.91 Å². The summed E-state index contributed by atoms with van der Waals surface area (Å²) in [6.07, 6.45) is 2.31. The Morgan fingerprint density at radius 2 is 2.15 bits per heavy atom. The van der Waals surface area contributed by atoms with E-state index in [2.05, 4.69) is 17.4 Å². The Morgan fingerprint density at radius 3 is 2.85 bits per heavy atom. The third kappa shape index (κ3) is 2.14. The van der Waals surface area contributed by atoms with Crippen LogP contribution in [0.15, 0.2) is 28.8 Å². The van der Waals surface area contributed by atoms with E-state index in [9.17, 15) is 9.59 Å². The average Bonchev–Trinajstić information content (AvgIpc) is 3.25. The van der Waals surface area contributed by atoms with Crippen molar-refractivity contribution in [2.75, 3.05) is 11.9 Å². The molecule has 1 spiro atoms. The second-order valence-electron chi connectivity index (χ2n) is 7.22. The van der Waals surface area contributed by atoms with Crippen LogP contribution < -0.4 is 5.32 Å². The van der Waals surface area contributed by atoms with Gasteiger partial charge in [-0.15, -0.1) is 0 Å². The molecule has 1 N–H and O–H groups in total. The highest BCUT2D eigenvalue weighted by Crippen LogP contribution is 2.49. The number of hydrogen-bond acceptors (Lipinski definition) is 4. The standard InChI is InChI=1S/C20H23N3O3/c1-4-7-16-20(14-8-5-6-9-15(14)21-19(20)25)10-11-23(16)18(24)17-12(2)22-26-13(17)3/h5-6,8-9,16H,4,7,10-11H2,1-3H3,(H,21,25)/t16-,20-/m0/s1. The number of rotatable bonds is 3. The van der Waals surface area contributed by atoms with Gasteiger partial charge in [-0.05, 0) is 38.3 Å². The lowest BCUT2D eigenvalue weighted by Crippen LogP contribution is -2.48. The molecule has 26 heavy (non-hydrogen) atoms. The molecule has 0 unspecified atom stereocenters. The maximum atomic E-state index is 13.3. The second-order valence-corrected chi connectivity index (χ2v) is 7.22. The number of nitrogens with zero attached hydrogens (tertiary/aromatic N) is 2. The third-order valence-electron chi connectivity index (χ3n) is 5.82. The molecule has 6 heteroatoms. The summed E-state index contributed by atoms with van der Waals surface area (Å²) >= 11 is 0. The molecular formula is C20H23N3O3. The number of carbonyl (C=O) groups is 2. The molecule has 1 saturated heterocycles. The Balaban J connectivity index is 1.79. The normalized spacial score (nSPS) is 24.2. The van der Waals surface area contributed by atoms with Gasteiger partial charge in [0.1, 0.15) is 11.3 Å². The van der Waals surface area contributed by atoms with Crippen LogP contribution >= 0.6 is 0 Å². The van der Waals surface area contributed by atoms with Crippen LogP contribution in [0.2, 0.25) is 0 Å². The summed E-state index contributed by atoms with van der Waals surface area (Å²) < 4.78 is 5.19. The van der Waals surface area contributed by atoms with Crippen molar-refractivity contribution in [3.05, 3.63) is 46.8 Å². The van der Waals surface area contributed by atoms with Crippen LogP contribution in [0.3, 0.4) is 0 Å². The predicted octanol–water partition coefficient (Wildman–Crippen LogP) is 3.20. The van der Waals surface area contributed by atoms with Gasteiger partial charge in [-0.3, -0.25) is 9.59 Å². The van der Waals surface area contributed by atoms with E-state index in [0.29, 0.717) is 30.0 Å². The maximum absolute atomic E-state index is 13.3. The van der Waals surface area contributed by atoms with Crippen molar-refractivity contribution in [2.45, 2.75) is 51.5 Å². The number of carbonyl (C=O) groups excluding carboxylic acids is 2. The second kappa shape index (κ2) is 5.97. The Labute approximate surface area is 152 Å². The van der Waals surface area contributed by atoms with Gasteiger partial charge < -0.3 is 14.7 Å². The molecule has 6 nitrogen and oxygen atoms in total. The highest BCUT2D eigenvalue weighted by atomic mass is 16.5. The van der Waals surface area contributed by atoms with Crippen molar-refractivity contribution in [1.82, 2.24) is 10.1 Å². The van der Waals surface area contributed by atoms with E-state index in [1.54, 1.807) is 13.8 Å². The minimum atomic E-state index is -0.665. The highest BCUT2D eigenvalue weighted by molar-refractivity contribution is 6.08. The van der Waals surface area contributed by atoms with Crippen LogP contribution in [0.25, 0.3) is 0 Å². The SMILES string of the molecule is CCC[C@@H]1N(C(=O)c2c(C)noc2C)CC[C@@]12C(=O)Nc1ccccc12. The average molecular weight is 353 g/mol. The number of para-hydroxylation sites is 1. The summed E-state index contributed by atoms with van der Waals surface area (Å²) in [5, 5.41) is 6.95. The van der Waals surface area contributed by atoms with Crippen LogP contribution in [-0.2, 0) is 10.2 Å².